The average Bonchev–Trinajstić information content (AvgIpc) is 3.46. The topological polar surface area (TPSA) is 58.1 Å². The molecule has 0 aliphatic carbocycles. The highest BCUT2D eigenvalue weighted by Gasteiger charge is 2.25. The third-order valence-corrected chi connectivity index (χ3v) is 7.18. The number of rotatable bonds is 5. The lowest BCUT2D eigenvalue weighted by Gasteiger charge is -2.20. The van der Waals surface area contributed by atoms with Gasteiger partial charge in [0.15, 0.2) is 16.1 Å². The molecule has 5 rings (SSSR count). The van der Waals surface area contributed by atoms with Crippen molar-refractivity contribution in [1.29, 1.82) is 0 Å². The lowest BCUT2D eigenvalue weighted by atomic mass is 9.99. The summed E-state index contributed by atoms with van der Waals surface area (Å²) in [6.45, 7) is 1.96. The number of anilines is 2. The summed E-state index contributed by atoms with van der Waals surface area (Å²) in [4.78, 5) is 11.9. The molecule has 2 unspecified atom stereocenters. The molecule has 5 nitrogen and oxygen atoms in total. The van der Waals surface area contributed by atoms with Gasteiger partial charge in [-0.05, 0) is 41.6 Å². The Hall–Kier alpha value is -2.77. The van der Waals surface area contributed by atoms with E-state index in [1.807, 2.05) is 35.8 Å². The minimum atomic E-state index is -1.34. The van der Waals surface area contributed by atoms with Gasteiger partial charge < -0.3 is 4.90 Å². The van der Waals surface area contributed by atoms with Crippen molar-refractivity contribution in [3.05, 3.63) is 77.9 Å². The molecule has 0 spiro atoms. The van der Waals surface area contributed by atoms with Crippen LogP contribution in [0.15, 0.2) is 77.3 Å². The van der Waals surface area contributed by atoms with Gasteiger partial charge in [-0.15, -0.1) is 11.3 Å². The van der Waals surface area contributed by atoms with Crippen molar-refractivity contribution in [3.8, 4) is 0 Å². The Morgan fingerprint density at radius 2 is 1.97 bits per heavy atom. The van der Waals surface area contributed by atoms with Crippen molar-refractivity contribution in [1.82, 2.24) is 9.97 Å². The number of benzene rings is 2. The predicted molar refractivity (Wildman–Crippen MR) is 120 cm³/mol. The van der Waals surface area contributed by atoms with Crippen LogP contribution in [0.25, 0.3) is 10.8 Å². The lowest BCUT2D eigenvalue weighted by Crippen LogP contribution is -2.20. The third kappa shape index (κ3) is 3.75. The second-order valence-electron chi connectivity index (χ2n) is 7.07. The molecule has 7 heteroatoms. The Balaban J connectivity index is 1.40. The van der Waals surface area contributed by atoms with Gasteiger partial charge in [0, 0.05) is 42.2 Å². The molecule has 0 radical (unpaired) electrons. The molecule has 1 aliphatic heterocycles. The van der Waals surface area contributed by atoms with E-state index in [2.05, 4.69) is 49.9 Å². The summed E-state index contributed by atoms with van der Waals surface area (Å²) in [7, 11) is -1.34. The van der Waals surface area contributed by atoms with Crippen LogP contribution in [0.1, 0.15) is 17.9 Å². The fourth-order valence-corrected chi connectivity index (χ4v) is 5.42. The SMILES string of the molecule is O=S(Nc1nccs1)c1ccc2c(N3CCC(c4ccccc4)C3)nccc2c1. The van der Waals surface area contributed by atoms with E-state index in [1.165, 1.54) is 16.9 Å². The maximum absolute atomic E-state index is 12.6. The predicted octanol–water partition coefficient (Wildman–Crippen LogP) is 4.82. The van der Waals surface area contributed by atoms with Gasteiger partial charge in [0.2, 0.25) is 0 Å². The minimum absolute atomic E-state index is 0.530. The Bertz CT molecular complexity index is 1150. The van der Waals surface area contributed by atoms with Crippen LogP contribution in [0.5, 0.6) is 0 Å². The van der Waals surface area contributed by atoms with Crippen LogP contribution in [0, 0.1) is 0 Å². The Kier molecular flexibility index (Phi) is 4.99. The first kappa shape index (κ1) is 18.3. The van der Waals surface area contributed by atoms with Crippen molar-refractivity contribution in [2.75, 3.05) is 22.7 Å². The highest BCUT2D eigenvalue weighted by molar-refractivity contribution is 7.86. The third-order valence-electron chi connectivity index (χ3n) is 5.30. The smallest absolute Gasteiger partial charge is 0.194 e. The molecule has 146 valence electrons. The quantitative estimate of drug-likeness (QED) is 0.503. The molecule has 2 atom stereocenters. The summed E-state index contributed by atoms with van der Waals surface area (Å²) in [5, 5.41) is 4.65. The van der Waals surface area contributed by atoms with Gasteiger partial charge in [0.05, 0.1) is 4.90 Å². The lowest BCUT2D eigenvalue weighted by molar-refractivity contribution is 0.686. The Morgan fingerprint density at radius 1 is 1.07 bits per heavy atom. The molecule has 0 amide bonds. The Labute approximate surface area is 176 Å². The zero-order valence-electron chi connectivity index (χ0n) is 15.7. The molecule has 1 N–H and O–H groups in total. The van der Waals surface area contributed by atoms with E-state index in [-0.39, 0.29) is 0 Å². The highest BCUT2D eigenvalue weighted by Crippen LogP contribution is 2.33. The zero-order chi connectivity index (χ0) is 19.6. The largest absolute Gasteiger partial charge is 0.355 e. The molecule has 1 aliphatic rings. The molecule has 2 aromatic heterocycles. The average molecular weight is 421 g/mol. The minimum Gasteiger partial charge on any atom is -0.355 e. The first-order valence-corrected chi connectivity index (χ1v) is 11.6. The highest BCUT2D eigenvalue weighted by atomic mass is 32.2. The first-order valence-electron chi connectivity index (χ1n) is 9.54. The molecule has 29 heavy (non-hydrogen) atoms. The molecule has 2 aromatic carbocycles. The summed E-state index contributed by atoms with van der Waals surface area (Å²) in [6.07, 6.45) is 4.66. The van der Waals surface area contributed by atoms with E-state index in [9.17, 15) is 4.21 Å². The second kappa shape index (κ2) is 7.93. The van der Waals surface area contributed by atoms with Crippen molar-refractivity contribution >= 4 is 44.0 Å². The molecule has 0 bridgehead atoms. The van der Waals surface area contributed by atoms with Gasteiger partial charge >= 0.3 is 0 Å². The molecule has 0 saturated carbocycles. The number of pyridine rings is 1. The van der Waals surface area contributed by atoms with E-state index in [4.69, 9.17) is 0 Å². The van der Waals surface area contributed by atoms with Gasteiger partial charge in [0.25, 0.3) is 0 Å². The standard InChI is InChI=1S/C22H20N4OS2/c27-29(25-22-24-11-13-28-22)19-6-7-20-17(14-19)8-10-23-21(20)26-12-9-18(15-26)16-4-2-1-3-5-16/h1-8,10-11,13-14,18H,9,12,15H2,(H,24,25). The first-order chi connectivity index (χ1) is 14.3. The molecule has 4 aromatic rings. The molecular formula is C22H20N4OS2. The number of thiazole rings is 1. The van der Waals surface area contributed by atoms with Gasteiger partial charge in [-0.2, -0.15) is 0 Å². The maximum atomic E-state index is 12.6. The van der Waals surface area contributed by atoms with Crippen molar-refractivity contribution in [2.45, 2.75) is 17.2 Å². The van der Waals surface area contributed by atoms with Crippen molar-refractivity contribution < 1.29 is 4.21 Å². The molecular weight excluding hydrogens is 400 g/mol. The van der Waals surface area contributed by atoms with Crippen molar-refractivity contribution in [3.63, 3.8) is 0 Å². The van der Waals surface area contributed by atoms with Crippen LogP contribution in [0.4, 0.5) is 10.9 Å². The number of nitrogens with one attached hydrogen (secondary N) is 1. The maximum Gasteiger partial charge on any atom is 0.194 e. The summed E-state index contributed by atoms with van der Waals surface area (Å²) in [5.41, 5.74) is 1.39. The summed E-state index contributed by atoms with van der Waals surface area (Å²) in [6, 6.07) is 18.6. The van der Waals surface area contributed by atoms with Crippen LogP contribution in [-0.2, 0) is 11.0 Å². The summed E-state index contributed by atoms with van der Waals surface area (Å²) < 4.78 is 15.6. The van der Waals surface area contributed by atoms with Gasteiger partial charge in [-0.25, -0.2) is 14.2 Å². The number of hydrogen-bond acceptors (Lipinski definition) is 5. The monoisotopic (exact) mass is 420 g/mol. The van der Waals surface area contributed by atoms with Crippen LogP contribution in [0.3, 0.4) is 0 Å². The molecule has 1 fully saturated rings. The van der Waals surface area contributed by atoms with Crippen LogP contribution in [-0.4, -0.2) is 27.3 Å². The second-order valence-corrected chi connectivity index (χ2v) is 9.18. The van der Waals surface area contributed by atoms with E-state index < -0.39 is 11.0 Å². The Morgan fingerprint density at radius 3 is 2.79 bits per heavy atom. The fraction of sp³-hybridized carbons (Fsp3) is 0.182. The van der Waals surface area contributed by atoms with Gasteiger partial charge in [-0.1, -0.05) is 30.3 Å². The van der Waals surface area contributed by atoms with Crippen LogP contribution in [0.2, 0.25) is 0 Å². The van der Waals surface area contributed by atoms with Crippen LogP contribution >= 0.6 is 11.3 Å². The van der Waals surface area contributed by atoms with Gasteiger partial charge in [0.1, 0.15) is 5.82 Å². The van der Waals surface area contributed by atoms with Crippen LogP contribution < -0.4 is 9.62 Å². The molecule has 3 heterocycles. The number of nitrogens with zero attached hydrogens (tertiary/aromatic N) is 3. The zero-order valence-corrected chi connectivity index (χ0v) is 17.3. The summed E-state index contributed by atoms with van der Waals surface area (Å²) >= 11 is 1.44. The summed E-state index contributed by atoms with van der Waals surface area (Å²) in [5.74, 6) is 1.54. The number of fused-ring (bicyclic) bond motifs is 1. The van der Waals surface area contributed by atoms with E-state index >= 15 is 0 Å². The number of hydrogen-bond donors (Lipinski definition) is 1. The van der Waals surface area contributed by atoms with E-state index in [0.717, 1.165) is 41.0 Å². The van der Waals surface area contributed by atoms with Crippen molar-refractivity contribution in [2.24, 2.45) is 0 Å². The fourth-order valence-electron chi connectivity index (χ4n) is 3.87. The normalized spacial score (nSPS) is 17.5. The van der Waals surface area contributed by atoms with E-state index in [0.29, 0.717) is 11.0 Å². The van der Waals surface area contributed by atoms with Gasteiger partial charge in [-0.3, -0.25) is 4.72 Å². The number of aromatic nitrogens is 2. The molecule has 1 saturated heterocycles. The van der Waals surface area contributed by atoms with E-state index in [1.54, 1.807) is 6.20 Å².